The number of benzene rings is 1. The third-order valence-corrected chi connectivity index (χ3v) is 8.07. The summed E-state index contributed by atoms with van der Waals surface area (Å²) in [6, 6.07) is 4.00. The molecule has 2 rings (SSSR count). The Hall–Kier alpha value is -1.06. The van der Waals surface area contributed by atoms with Crippen LogP contribution in [0.3, 0.4) is 0 Å². The van der Waals surface area contributed by atoms with Crippen LogP contribution < -0.4 is 5.32 Å². The zero-order valence-electron chi connectivity index (χ0n) is 15.6. The third-order valence-electron chi connectivity index (χ3n) is 4.60. The fraction of sp³-hybridized carbons (Fsp3) is 0.529. The number of hydrogen-bond acceptors (Lipinski definition) is 5. The highest BCUT2D eigenvalue weighted by Gasteiger charge is 2.69. The molecule has 1 amide bonds. The van der Waals surface area contributed by atoms with Gasteiger partial charge >= 0.3 is 5.97 Å². The van der Waals surface area contributed by atoms with Crippen molar-refractivity contribution in [1.82, 2.24) is 4.31 Å². The van der Waals surface area contributed by atoms with E-state index < -0.39 is 38.3 Å². The van der Waals surface area contributed by atoms with Crippen molar-refractivity contribution in [2.45, 2.75) is 36.4 Å². The summed E-state index contributed by atoms with van der Waals surface area (Å²) in [4.78, 5) is 24.1. The predicted octanol–water partition coefficient (Wildman–Crippen LogP) is 3.44. The number of carbonyl (C=O) groups is 2. The van der Waals surface area contributed by atoms with E-state index in [1.54, 1.807) is 20.8 Å². The second-order valence-corrected chi connectivity index (χ2v) is 10.4. The lowest BCUT2D eigenvalue weighted by Crippen LogP contribution is -2.30. The first-order valence-electron chi connectivity index (χ1n) is 8.53. The van der Waals surface area contributed by atoms with Gasteiger partial charge in [0.2, 0.25) is 10.0 Å². The van der Waals surface area contributed by atoms with Crippen molar-refractivity contribution >= 4 is 62.4 Å². The van der Waals surface area contributed by atoms with Crippen LogP contribution in [-0.2, 0) is 24.3 Å². The topological polar surface area (TPSA) is 92.8 Å². The SMILES string of the molecule is CCN(CC)S(=O)(=O)c1ccc(Cl)c(NC(=O)COC(=O)C2(C)CC2(Cl)Cl)c1. The number of alkyl halides is 2. The first-order valence-corrected chi connectivity index (χ1v) is 11.1. The zero-order valence-corrected chi connectivity index (χ0v) is 18.7. The molecule has 1 aromatic rings. The first-order chi connectivity index (χ1) is 12.9. The average Bonchev–Trinajstić information content (AvgIpc) is 3.14. The van der Waals surface area contributed by atoms with E-state index >= 15 is 0 Å². The van der Waals surface area contributed by atoms with Crippen LogP contribution in [0.15, 0.2) is 23.1 Å². The molecule has 156 valence electrons. The smallest absolute Gasteiger partial charge is 0.315 e. The van der Waals surface area contributed by atoms with E-state index in [2.05, 4.69) is 5.32 Å². The molecule has 1 unspecified atom stereocenters. The minimum atomic E-state index is -3.72. The fourth-order valence-corrected chi connectivity index (χ4v) is 4.91. The molecule has 0 aliphatic heterocycles. The van der Waals surface area contributed by atoms with E-state index in [1.807, 2.05) is 0 Å². The summed E-state index contributed by atoms with van der Waals surface area (Å²) in [5.74, 6) is -1.36. The molecule has 1 aliphatic carbocycles. The molecule has 1 aliphatic rings. The Balaban J connectivity index is 2.08. The lowest BCUT2D eigenvalue weighted by atomic mass is 10.1. The van der Waals surface area contributed by atoms with Crippen molar-refractivity contribution in [2.75, 3.05) is 25.0 Å². The molecule has 1 aromatic carbocycles. The number of hydrogen-bond donors (Lipinski definition) is 1. The molecule has 0 aromatic heterocycles. The molecule has 28 heavy (non-hydrogen) atoms. The Bertz CT molecular complexity index is 887. The molecular weight excluding hydrogens is 451 g/mol. The van der Waals surface area contributed by atoms with Crippen LogP contribution in [0.1, 0.15) is 27.2 Å². The normalized spacial score (nSPS) is 20.7. The van der Waals surface area contributed by atoms with Gasteiger partial charge in [0.05, 0.1) is 15.6 Å². The van der Waals surface area contributed by atoms with Gasteiger partial charge in [0.25, 0.3) is 5.91 Å². The van der Waals surface area contributed by atoms with Crippen LogP contribution in [0.5, 0.6) is 0 Å². The Morgan fingerprint density at radius 3 is 2.32 bits per heavy atom. The maximum absolute atomic E-state index is 12.6. The maximum Gasteiger partial charge on any atom is 0.315 e. The van der Waals surface area contributed by atoms with Crippen molar-refractivity contribution in [2.24, 2.45) is 5.41 Å². The zero-order chi connectivity index (χ0) is 21.3. The number of rotatable bonds is 8. The average molecular weight is 472 g/mol. The van der Waals surface area contributed by atoms with E-state index in [9.17, 15) is 18.0 Å². The van der Waals surface area contributed by atoms with Crippen molar-refractivity contribution in [3.8, 4) is 0 Å². The number of nitrogens with zero attached hydrogens (tertiary/aromatic N) is 1. The molecule has 0 radical (unpaired) electrons. The molecule has 1 fully saturated rings. The largest absolute Gasteiger partial charge is 0.455 e. The standard InChI is InChI=1S/C17H21Cl3N2O5S/c1-4-22(5-2)28(25,26)11-6-7-12(18)13(8-11)21-14(23)9-27-15(24)16(3)10-17(16,19)20/h6-8H,4-5,9-10H2,1-3H3,(H,21,23). The number of sulfonamides is 1. The quantitative estimate of drug-likeness (QED) is 0.463. The minimum Gasteiger partial charge on any atom is -0.455 e. The predicted molar refractivity (Wildman–Crippen MR) is 108 cm³/mol. The molecular formula is C17H21Cl3N2O5S. The van der Waals surface area contributed by atoms with Crippen LogP contribution in [0, 0.1) is 5.41 Å². The van der Waals surface area contributed by atoms with Crippen LogP contribution in [-0.4, -0.2) is 48.6 Å². The van der Waals surface area contributed by atoms with Crippen LogP contribution in [0.25, 0.3) is 0 Å². The van der Waals surface area contributed by atoms with E-state index in [0.29, 0.717) is 13.1 Å². The van der Waals surface area contributed by atoms with Gasteiger partial charge in [-0.2, -0.15) is 4.31 Å². The van der Waals surface area contributed by atoms with Gasteiger partial charge in [0.1, 0.15) is 9.75 Å². The third kappa shape index (κ3) is 4.57. The minimum absolute atomic E-state index is 0.00699. The number of carbonyl (C=O) groups excluding carboxylic acids is 2. The summed E-state index contributed by atoms with van der Waals surface area (Å²) in [6.45, 7) is 5.03. The maximum atomic E-state index is 12.6. The second-order valence-electron chi connectivity index (χ2n) is 6.57. The molecule has 0 spiro atoms. The lowest BCUT2D eigenvalue weighted by molar-refractivity contribution is -0.152. The Morgan fingerprint density at radius 2 is 1.82 bits per heavy atom. The second kappa shape index (κ2) is 8.36. The highest BCUT2D eigenvalue weighted by Crippen LogP contribution is 2.64. The highest BCUT2D eigenvalue weighted by molar-refractivity contribution is 7.89. The molecule has 0 bridgehead atoms. The van der Waals surface area contributed by atoms with Crippen molar-refractivity contribution < 1.29 is 22.7 Å². The molecule has 11 heteroatoms. The van der Waals surface area contributed by atoms with E-state index in [4.69, 9.17) is 39.5 Å². The number of esters is 1. The summed E-state index contributed by atoms with van der Waals surface area (Å²) in [7, 11) is -3.72. The first kappa shape index (κ1) is 23.2. The van der Waals surface area contributed by atoms with Gasteiger partial charge in [0, 0.05) is 19.5 Å². The van der Waals surface area contributed by atoms with E-state index in [1.165, 1.54) is 22.5 Å². The molecule has 0 saturated heterocycles. The number of ether oxygens (including phenoxy) is 1. The summed E-state index contributed by atoms with van der Waals surface area (Å²) in [6.07, 6.45) is 0.237. The van der Waals surface area contributed by atoms with Crippen LogP contribution in [0.4, 0.5) is 5.69 Å². The monoisotopic (exact) mass is 470 g/mol. The van der Waals surface area contributed by atoms with Gasteiger partial charge in [-0.1, -0.05) is 25.4 Å². The van der Waals surface area contributed by atoms with E-state index in [-0.39, 0.29) is 22.0 Å². The molecule has 7 nitrogen and oxygen atoms in total. The summed E-state index contributed by atoms with van der Waals surface area (Å²) < 4.78 is 30.3. The number of halogens is 3. The van der Waals surface area contributed by atoms with Gasteiger partial charge in [-0.15, -0.1) is 23.2 Å². The number of anilines is 1. The highest BCUT2D eigenvalue weighted by atomic mass is 35.5. The summed E-state index contributed by atoms with van der Waals surface area (Å²) in [5.41, 5.74) is -0.955. The summed E-state index contributed by atoms with van der Waals surface area (Å²) in [5, 5.41) is 2.59. The van der Waals surface area contributed by atoms with Gasteiger partial charge in [-0.05, 0) is 25.1 Å². The number of nitrogens with one attached hydrogen (secondary N) is 1. The summed E-state index contributed by atoms with van der Waals surface area (Å²) >= 11 is 17.9. The number of amides is 1. The fourth-order valence-electron chi connectivity index (χ4n) is 2.57. The Kier molecular flexibility index (Phi) is 6.93. The molecule has 0 heterocycles. The van der Waals surface area contributed by atoms with Gasteiger partial charge in [-0.25, -0.2) is 8.42 Å². The van der Waals surface area contributed by atoms with Gasteiger partial charge in [0.15, 0.2) is 6.61 Å². The van der Waals surface area contributed by atoms with Gasteiger partial charge in [-0.3, -0.25) is 9.59 Å². The molecule has 1 atom stereocenters. The van der Waals surface area contributed by atoms with Crippen molar-refractivity contribution in [1.29, 1.82) is 0 Å². The van der Waals surface area contributed by atoms with Crippen LogP contribution >= 0.6 is 34.8 Å². The Labute approximate surface area is 179 Å². The lowest BCUT2D eigenvalue weighted by Gasteiger charge is -2.19. The molecule has 1 saturated carbocycles. The Morgan fingerprint density at radius 1 is 1.25 bits per heavy atom. The van der Waals surface area contributed by atoms with Crippen LogP contribution in [0.2, 0.25) is 5.02 Å². The van der Waals surface area contributed by atoms with Gasteiger partial charge < -0.3 is 10.1 Å². The van der Waals surface area contributed by atoms with E-state index in [0.717, 1.165) is 0 Å². The molecule has 1 N–H and O–H groups in total. The van der Waals surface area contributed by atoms with Crippen molar-refractivity contribution in [3.05, 3.63) is 23.2 Å². The van der Waals surface area contributed by atoms with Crippen molar-refractivity contribution in [3.63, 3.8) is 0 Å².